The molecule has 0 fully saturated rings. The van der Waals surface area contributed by atoms with E-state index in [-0.39, 0.29) is 12.5 Å². The smallest absolute Gasteiger partial charge is 0.244 e. The van der Waals surface area contributed by atoms with E-state index in [0.717, 1.165) is 22.5 Å². The third-order valence-corrected chi connectivity index (χ3v) is 6.41. The second-order valence-corrected chi connectivity index (χ2v) is 9.71. The van der Waals surface area contributed by atoms with E-state index in [0.29, 0.717) is 23.7 Å². The number of benzene rings is 2. The highest BCUT2D eigenvalue weighted by molar-refractivity contribution is 7.92. The van der Waals surface area contributed by atoms with Gasteiger partial charge in [0, 0.05) is 13.1 Å². The van der Waals surface area contributed by atoms with E-state index in [1.165, 1.54) is 12.0 Å². The summed E-state index contributed by atoms with van der Waals surface area (Å²) >= 11 is 0. The normalized spacial score (nSPS) is 11.9. The van der Waals surface area contributed by atoms with Crippen molar-refractivity contribution in [1.82, 2.24) is 10.2 Å². The highest BCUT2D eigenvalue weighted by Gasteiger charge is 2.30. The van der Waals surface area contributed by atoms with Crippen LogP contribution in [0.3, 0.4) is 0 Å². The van der Waals surface area contributed by atoms with Gasteiger partial charge in [-0.2, -0.15) is 0 Å². The average molecular weight is 492 g/mol. The third-order valence-electron chi connectivity index (χ3n) is 5.27. The topological polar surface area (TPSA) is 105 Å². The molecule has 0 saturated carbocycles. The summed E-state index contributed by atoms with van der Waals surface area (Å²) in [5, 5.41) is 2.80. The molecular weight excluding hydrogens is 458 g/mol. The summed E-state index contributed by atoms with van der Waals surface area (Å²) in [5.41, 5.74) is 1.10. The van der Waals surface area contributed by atoms with Gasteiger partial charge in [-0.05, 0) is 55.3 Å². The number of carbonyl (C=O) groups is 2. The quantitative estimate of drug-likeness (QED) is 0.489. The summed E-state index contributed by atoms with van der Waals surface area (Å²) in [5.74, 6) is 0.416. The van der Waals surface area contributed by atoms with Gasteiger partial charge in [-0.25, -0.2) is 8.42 Å². The molecule has 2 aromatic rings. The molecule has 0 radical (unpaired) electrons. The first-order valence-corrected chi connectivity index (χ1v) is 12.8. The standard InChI is InChI=1S/C24H33N3O6S/c1-6-15-25-24(29)18(2)26(16-19-7-11-21(32-3)12-8-19)23(28)17-27(34(5,30)31)20-9-13-22(33-4)14-10-20/h7-14,18H,6,15-17H2,1-5H3,(H,25,29)/t18-/m0/s1. The van der Waals surface area contributed by atoms with E-state index in [1.807, 2.05) is 6.92 Å². The summed E-state index contributed by atoms with van der Waals surface area (Å²) in [6, 6.07) is 12.7. The van der Waals surface area contributed by atoms with Crippen LogP contribution in [0.5, 0.6) is 11.5 Å². The average Bonchev–Trinajstić information content (AvgIpc) is 2.83. The van der Waals surface area contributed by atoms with Crippen molar-refractivity contribution in [1.29, 1.82) is 0 Å². The van der Waals surface area contributed by atoms with E-state index < -0.39 is 28.5 Å². The molecule has 1 N–H and O–H groups in total. The number of carbonyl (C=O) groups excluding carboxylic acids is 2. The maximum atomic E-state index is 13.4. The van der Waals surface area contributed by atoms with Crippen molar-refractivity contribution in [2.45, 2.75) is 32.9 Å². The maximum absolute atomic E-state index is 13.4. The van der Waals surface area contributed by atoms with Gasteiger partial charge in [0.05, 0.1) is 26.2 Å². The number of anilines is 1. The summed E-state index contributed by atoms with van der Waals surface area (Å²) in [7, 11) is -0.712. The number of amides is 2. The van der Waals surface area contributed by atoms with Crippen LogP contribution in [-0.2, 0) is 26.2 Å². The molecule has 2 rings (SSSR count). The van der Waals surface area contributed by atoms with Crippen LogP contribution in [0.2, 0.25) is 0 Å². The van der Waals surface area contributed by atoms with Crippen LogP contribution in [0.1, 0.15) is 25.8 Å². The van der Waals surface area contributed by atoms with Crippen LogP contribution in [0.4, 0.5) is 5.69 Å². The Hall–Kier alpha value is -3.27. The van der Waals surface area contributed by atoms with Crippen molar-refractivity contribution in [2.75, 3.05) is 37.9 Å². The minimum Gasteiger partial charge on any atom is -0.497 e. The molecule has 10 heteroatoms. The van der Waals surface area contributed by atoms with E-state index in [1.54, 1.807) is 62.6 Å². The summed E-state index contributed by atoms with van der Waals surface area (Å²) in [4.78, 5) is 27.5. The molecule has 186 valence electrons. The maximum Gasteiger partial charge on any atom is 0.244 e. The van der Waals surface area contributed by atoms with E-state index in [4.69, 9.17) is 9.47 Å². The van der Waals surface area contributed by atoms with E-state index in [2.05, 4.69) is 5.32 Å². The van der Waals surface area contributed by atoms with Crippen molar-refractivity contribution in [3.8, 4) is 11.5 Å². The zero-order valence-corrected chi connectivity index (χ0v) is 21.1. The zero-order valence-electron chi connectivity index (χ0n) is 20.3. The highest BCUT2D eigenvalue weighted by atomic mass is 32.2. The predicted molar refractivity (Wildman–Crippen MR) is 131 cm³/mol. The molecule has 0 unspecified atom stereocenters. The second-order valence-electron chi connectivity index (χ2n) is 7.80. The lowest BCUT2D eigenvalue weighted by Crippen LogP contribution is -2.51. The number of nitrogens with zero attached hydrogens (tertiary/aromatic N) is 2. The Morgan fingerprint density at radius 3 is 1.97 bits per heavy atom. The largest absolute Gasteiger partial charge is 0.497 e. The van der Waals surface area contributed by atoms with E-state index >= 15 is 0 Å². The van der Waals surface area contributed by atoms with Crippen LogP contribution in [0.25, 0.3) is 0 Å². The third kappa shape index (κ3) is 7.38. The zero-order chi connectivity index (χ0) is 25.3. The van der Waals surface area contributed by atoms with E-state index in [9.17, 15) is 18.0 Å². The lowest BCUT2D eigenvalue weighted by molar-refractivity contribution is -0.139. The summed E-state index contributed by atoms with van der Waals surface area (Å²) in [6.45, 7) is 3.72. The molecule has 34 heavy (non-hydrogen) atoms. The molecule has 0 spiro atoms. The minimum absolute atomic E-state index is 0.129. The Bertz CT molecular complexity index is 1060. The van der Waals surface area contributed by atoms with Crippen molar-refractivity contribution < 1.29 is 27.5 Å². The van der Waals surface area contributed by atoms with Crippen molar-refractivity contribution in [3.63, 3.8) is 0 Å². The first kappa shape index (κ1) is 27.0. The fraction of sp³-hybridized carbons (Fsp3) is 0.417. The first-order chi connectivity index (χ1) is 16.1. The summed E-state index contributed by atoms with van der Waals surface area (Å²) < 4.78 is 36.4. The highest BCUT2D eigenvalue weighted by Crippen LogP contribution is 2.22. The Labute approximate surface area is 201 Å². The molecule has 0 saturated heterocycles. The van der Waals surface area contributed by atoms with Gasteiger partial charge in [0.1, 0.15) is 24.1 Å². The lowest BCUT2D eigenvalue weighted by Gasteiger charge is -2.31. The van der Waals surface area contributed by atoms with Crippen LogP contribution >= 0.6 is 0 Å². The molecule has 9 nitrogen and oxygen atoms in total. The Morgan fingerprint density at radius 1 is 0.971 bits per heavy atom. The number of sulfonamides is 1. The Morgan fingerprint density at radius 2 is 1.50 bits per heavy atom. The number of methoxy groups -OCH3 is 2. The van der Waals surface area contributed by atoms with Gasteiger partial charge in [0.2, 0.25) is 21.8 Å². The molecule has 0 bridgehead atoms. The van der Waals surface area contributed by atoms with Gasteiger partial charge < -0.3 is 19.7 Å². The second kappa shape index (κ2) is 12.3. The molecule has 2 amide bonds. The number of ether oxygens (including phenoxy) is 2. The van der Waals surface area contributed by atoms with Gasteiger partial charge in [0.25, 0.3) is 0 Å². The first-order valence-electron chi connectivity index (χ1n) is 10.9. The van der Waals surface area contributed by atoms with Gasteiger partial charge in [-0.15, -0.1) is 0 Å². The molecule has 1 atom stereocenters. The van der Waals surface area contributed by atoms with Crippen molar-refractivity contribution >= 4 is 27.5 Å². The Balaban J connectivity index is 2.35. The fourth-order valence-electron chi connectivity index (χ4n) is 3.27. The van der Waals surface area contributed by atoms with Gasteiger partial charge in [-0.3, -0.25) is 13.9 Å². The Kier molecular flexibility index (Phi) is 9.73. The lowest BCUT2D eigenvalue weighted by atomic mass is 10.1. The molecule has 0 aliphatic heterocycles. The van der Waals surface area contributed by atoms with Crippen LogP contribution in [-0.4, -0.2) is 64.7 Å². The molecule has 0 aliphatic rings. The van der Waals surface area contributed by atoms with Crippen LogP contribution < -0.4 is 19.1 Å². The SMILES string of the molecule is CCCNC(=O)[C@H](C)N(Cc1ccc(OC)cc1)C(=O)CN(c1ccc(OC)cc1)S(C)(=O)=O. The van der Waals surface area contributed by atoms with Crippen LogP contribution in [0, 0.1) is 0 Å². The van der Waals surface area contributed by atoms with Gasteiger partial charge in [-0.1, -0.05) is 19.1 Å². The van der Waals surface area contributed by atoms with Crippen LogP contribution in [0.15, 0.2) is 48.5 Å². The molecular formula is C24H33N3O6S. The van der Waals surface area contributed by atoms with Gasteiger partial charge in [0.15, 0.2) is 0 Å². The molecule has 0 aromatic heterocycles. The number of hydrogen-bond donors (Lipinski definition) is 1. The minimum atomic E-state index is -3.78. The monoisotopic (exact) mass is 491 g/mol. The van der Waals surface area contributed by atoms with Crippen molar-refractivity contribution in [3.05, 3.63) is 54.1 Å². The molecule has 0 heterocycles. The summed E-state index contributed by atoms with van der Waals surface area (Å²) in [6.07, 6.45) is 1.79. The van der Waals surface area contributed by atoms with Gasteiger partial charge >= 0.3 is 0 Å². The number of nitrogens with one attached hydrogen (secondary N) is 1. The molecule has 2 aromatic carbocycles. The number of hydrogen-bond acceptors (Lipinski definition) is 6. The predicted octanol–water partition coefficient (Wildman–Crippen LogP) is 2.41. The molecule has 0 aliphatic carbocycles. The fourth-order valence-corrected chi connectivity index (χ4v) is 4.12. The van der Waals surface area contributed by atoms with Crippen molar-refractivity contribution in [2.24, 2.45) is 0 Å². The number of rotatable bonds is 12.